The molecule has 1 saturated heterocycles. The molecule has 0 aromatic carbocycles. The van der Waals surface area contributed by atoms with Crippen molar-refractivity contribution in [1.29, 1.82) is 0 Å². The van der Waals surface area contributed by atoms with Crippen LogP contribution in [0, 0.1) is 5.92 Å². The molecule has 4 nitrogen and oxygen atoms in total. The summed E-state index contributed by atoms with van der Waals surface area (Å²) in [5.74, 6) is 2.08. The van der Waals surface area contributed by atoms with Gasteiger partial charge >= 0.3 is 0 Å². The lowest BCUT2D eigenvalue weighted by Crippen LogP contribution is -2.21. The molecule has 0 saturated carbocycles. The van der Waals surface area contributed by atoms with E-state index in [9.17, 15) is 0 Å². The molecule has 1 unspecified atom stereocenters. The molecule has 94 valence electrons. The molecule has 1 fully saturated rings. The van der Waals surface area contributed by atoms with Gasteiger partial charge in [0.1, 0.15) is 12.1 Å². The van der Waals surface area contributed by atoms with Crippen molar-refractivity contribution in [2.75, 3.05) is 24.6 Å². The van der Waals surface area contributed by atoms with Crippen molar-refractivity contribution >= 4 is 5.82 Å². The number of aliphatic hydroxyl groups is 1. The Kier molecular flexibility index (Phi) is 3.94. The van der Waals surface area contributed by atoms with Gasteiger partial charge in [-0.2, -0.15) is 0 Å². The number of hydrogen-bond donors (Lipinski definition) is 1. The van der Waals surface area contributed by atoms with Gasteiger partial charge in [0.25, 0.3) is 0 Å². The van der Waals surface area contributed by atoms with E-state index in [1.807, 2.05) is 0 Å². The predicted molar refractivity (Wildman–Crippen MR) is 68.1 cm³/mol. The van der Waals surface area contributed by atoms with E-state index in [0.717, 1.165) is 37.4 Å². The number of aliphatic hydroxyl groups excluding tert-OH is 1. The van der Waals surface area contributed by atoms with Crippen molar-refractivity contribution in [2.45, 2.75) is 32.6 Å². The lowest BCUT2D eigenvalue weighted by Gasteiger charge is -2.18. The molecule has 1 N–H and O–H groups in total. The molecule has 0 bridgehead atoms. The maximum atomic E-state index is 8.96. The van der Waals surface area contributed by atoms with E-state index in [0.29, 0.717) is 18.4 Å². The van der Waals surface area contributed by atoms with E-state index in [1.165, 1.54) is 0 Å². The second kappa shape index (κ2) is 5.45. The Morgan fingerprint density at radius 2 is 2.29 bits per heavy atom. The van der Waals surface area contributed by atoms with Crippen LogP contribution in [0.1, 0.15) is 38.3 Å². The molecule has 1 aliphatic heterocycles. The average Bonchev–Trinajstić information content (AvgIpc) is 2.78. The quantitative estimate of drug-likeness (QED) is 0.864. The van der Waals surface area contributed by atoms with Crippen molar-refractivity contribution in [3.05, 3.63) is 18.1 Å². The standard InChI is InChI=1S/C13H21N3O/c1-10(2)12-7-13(15-9-14-12)16-5-3-11(8-16)4-6-17/h7,9-11,17H,3-6,8H2,1-2H3. The summed E-state index contributed by atoms with van der Waals surface area (Å²) in [5, 5.41) is 8.96. The lowest BCUT2D eigenvalue weighted by molar-refractivity contribution is 0.263. The Morgan fingerprint density at radius 1 is 1.47 bits per heavy atom. The summed E-state index contributed by atoms with van der Waals surface area (Å²) in [6.45, 7) is 6.63. The molecule has 1 aromatic rings. The van der Waals surface area contributed by atoms with E-state index in [4.69, 9.17) is 5.11 Å². The molecular formula is C13H21N3O. The Morgan fingerprint density at radius 3 is 3.00 bits per heavy atom. The minimum Gasteiger partial charge on any atom is -0.396 e. The first-order chi connectivity index (χ1) is 8.20. The maximum absolute atomic E-state index is 8.96. The highest BCUT2D eigenvalue weighted by molar-refractivity contribution is 5.40. The van der Waals surface area contributed by atoms with Crippen LogP contribution in [-0.2, 0) is 0 Å². The zero-order valence-corrected chi connectivity index (χ0v) is 10.6. The molecule has 1 aliphatic rings. The van der Waals surface area contributed by atoms with Gasteiger partial charge in [-0.15, -0.1) is 0 Å². The van der Waals surface area contributed by atoms with Gasteiger partial charge in [-0.3, -0.25) is 0 Å². The van der Waals surface area contributed by atoms with Crippen LogP contribution in [0.15, 0.2) is 12.4 Å². The highest BCUT2D eigenvalue weighted by Crippen LogP contribution is 2.25. The second-order valence-electron chi connectivity index (χ2n) is 5.07. The summed E-state index contributed by atoms with van der Waals surface area (Å²) in [5.41, 5.74) is 1.10. The van der Waals surface area contributed by atoms with Crippen molar-refractivity contribution < 1.29 is 5.11 Å². The third-order valence-electron chi connectivity index (χ3n) is 3.41. The Labute approximate surface area is 103 Å². The third kappa shape index (κ3) is 2.94. The fourth-order valence-electron chi connectivity index (χ4n) is 2.31. The van der Waals surface area contributed by atoms with Crippen molar-refractivity contribution in [1.82, 2.24) is 9.97 Å². The van der Waals surface area contributed by atoms with E-state index in [-0.39, 0.29) is 0 Å². The van der Waals surface area contributed by atoms with Gasteiger partial charge in [0.2, 0.25) is 0 Å². The molecule has 0 spiro atoms. The Hall–Kier alpha value is -1.16. The molecule has 4 heteroatoms. The minimum atomic E-state index is 0.291. The molecule has 2 rings (SSSR count). The summed E-state index contributed by atoms with van der Waals surface area (Å²) in [6.07, 6.45) is 3.71. The predicted octanol–water partition coefficient (Wildman–Crippen LogP) is 1.81. The smallest absolute Gasteiger partial charge is 0.132 e. The van der Waals surface area contributed by atoms with Crippen molar-refractivity contribution in [3.8, 4) is 0 Å². The average molecular weight is 235 g/mol. The minimum absolute atomic E-state index is 0.291. The van der Waals surface area contributed by atoms with Crippen LogP contribution in [0.25, 0.3) is 0 Å². The summed E-state index contributed by atoms with van der Waals surface area (Å²) in [7, 11) is 0. The van der Waals surface area contributed by atoms with Crippen LogP contribution in [0.4, 0.5) is 5.82 Å². The van der Waals surface area contributed by atoms with Gasteiger partial charge in [0, 0.05) is 31.5 Å². The zero-order chi connectivity index (χ0) is 12.3. The van der Waals surface area contributed by atoms with Gasteiger partial charge in [0.05, 0.1) is 0 Å². The number of aromatic nitrogens is 2. The van der Waals surface area contributed by atoms with E-state index in [2.05, 4.69) is 34.8 Å². The second-order valence-corrected chi connectivity index (χ2v) is 5.07. The fraction of sp³-hybridized carbons (Fsp3) is 0.692. The van der Waals surface area contributed by atoms with E-state index >= 15 is 0 Å². The third-order valence-corrected chi connectivity index (χ3v) is 3.41. The summed E-state index contributed by atoms with van der Waals surface area (Å²) < 4.78 is 0. The van der Waals surface area contributed by atoms with E-state index < -0.39 is 0 Å². The molecule has 1 atom stereocenters. The van der Waals surface area contributed by atoms with Crippen LogP contribution in [0.2, 0.25) is 0 Å². The molecular weight excluding hydrogens is 214 g/mol. The first-order valence-electron chi connectivity index (χ1n) is 6.38. The first-order valence-corrected chi connectivity index (χ1v) is 6.38. The number of nitrogens with zero attached hydrogens (tertiary/aromatic N) is 3. The number of rotatable bonds is 4. The first kappa shape index (κ1) is 12.3. The SMILES string of the molecule is CC(C)c1cc(N2CCC(CCO)C2)ncn1. The van der Waals surface area contributed by atoms with Gasteiger partial charge in [-0.05, 0) is 24.7 Å². The van der Waals surface area contributed by atoms with Crippen LogP contribution < -0.4 is 4.90 Å². The fourth-order valence-corrected chi connectivity index (χ4v) is 2.31. The molecule has 2 heterocycles. The highest BCUT2D eigenvalue weighted by Gasteiger charge is 2.23. The van der Waals surface area contributed by atoms with Gasteiger partial charge in [0.15, 0.2) is 0 Å². The molecule has 0 amide bonds. The maximum Gasteiger partial charge on any atom is 0.132 e. The molecule has 1 aromatic heterocycles. The van der Waals surface area contributed by atoms with Crippen molar-refractivity contribution in [2.24, 2.45) is 5.92 Å². The normalized spacial score (nSPS) is 20.2. The van der Waals surface area contributed by atoms with E-state index in [1.54, 1.807) is 6.33 Å². The van der Waals surface area contributed by atoms with Crippen molar-refractivity contribution in [3.63, 3.8) is 0 Å². The van der Waals surface area contributed by atoms with Gasteiger partial charge in [-0.25, -0.2) is 9.97 Å². The number of hydrogen-bond acceptors (Lipinski definition) is 4. The van der Waals surface area contributed by atoms with Gasteiger partial charge in [-0.1, -0.05) is 13.8 Å². The largest absolute Gasteiger partial charge is 0.396 e. The summed E-state index contributed by atoms with van der Waals surface area (Å²) in [6, 6.07) is 2.09. The molecule has 17 heavy (non-hydrogen) atoms. The van der Waals surface area contributed by atoms with Crippen LogP contribution >= 0.6 is 0 Å². The molecule has 0 aliphatic carbocycles. The molecule has 0 radical (unpaired) electrons. The monoisotopic (exact) mass is 235 g/mol. The highest BCUT2D eigenvalue weighted by atomic mass is 16.3. The summed E-state index contributed by atoms with van der Waals surface area (Å²) >= 11 is 0. The topological polar surface area (TPSA) is 49.2 Å². The summed E-state index contributed by atoms with van der Waals surface area (Å²) in [4.78, 5) is 10.9. The van der Waals surface area contributed by atoms with Crippen LogP contribution in [-0.4, -0.2) is 34.8 Å². The number of anilines is 1. The Balaban J connectivity index is 2.05. The lowest BCUT2D eigenvalue weighted by atomic mass is 10.1. The zero-order valence-electron chi connectivity index (χ0n) is 10.6. The van der Waals surface area contributed by atoms with Crippen LogP contribution in [0.5, 0.6) is 0 Å². The Bertz CT molecular complexity index is 367. The van der Waals surface area contributed by atoms with Gasteiger partial charge < -0.3 is 10.0 Å². The van der Waals surface area contributed by atoms with Crippen LogP contribution in [0.3, 0.4) is 0 Å².